The lowest BCUT2D eigenvalue weighted by Crippen LogP contribution is -2.28. The molecule has 1 heterocycles. The number of nitrogens with zero attached hydrogens (tertiary/aromatic N) is 2. The van der Waals surface area contributed by atoms with Crippen molar-refractivity contribution in [3.05, 3.63) is 51.8 Å². The second-order valence-corrected chi connectivity index (χ2v) is 6.54. The van der Waals surface area contributed by atoms with Crippen LogP contribution >= 0.6 is 15.9 Å². The Morgan fingerprint density at radius 1 is 1.43 bits per heavy atom. The van der Waals surface area contributed by atoms with Crippen molar-refractivity contribution in [2.24, 2.45) is 5.92 Å². The molecule has 2 aromatic rings. The first-order chi connectivity index (χ1) is 10.0. The van der Waals surface area contributed by atoms with Gasteiger partial charge in [0.15, 0.2) is 0 Å². The summed E-state index contributed by atoms with van der Waals surface area (Å²) in [5.41, 5.74) is 2.03. The second kappa shape index (κ2) is 5.64. The molecule has 1 saturated carbocycles. The third-order valence-corrected chi connectivity index (χ3v) is 4.39. The van der Waals surface area contributed by atoms with E-state index in [-0.39, 0.29) is 11.8 Å². The van der Waals surface area contributed by atoms with Gasteiger partial charge in [-0.1, -0.05) is 33.2 Å². The zero-order valence-corrected chi connectivity index (χ0v) is 13.6. The molecule has 0 unspecified atom stereocenters. The summed E-state index contributed by atoms with van der Waals surface area (Å²) in [6.45, 7) is 2.35. The van der Waals surface area contributed by atoms with Gasteiger partial charge in [-0.15, -0.1) is 0 Å². The number of amides is 1. The van der Waals surface area contributed by atoms with Crippen LogP contribution in [-0.4, -0.2) is 23.0 Å². The van der Waals surface area contributed by atoms with Crippen molar-refractivity contribution >= 4 is 21.8 Å². The molecule has 1 aliphatic carbocycles. The van der Waals surface area contributed by atoms with Gasteiger partial charge in [0.2, 0.25) is 5.91 Å². The average Bonchev–Trinajstić information content (AvgIpc) is 3.15. The van der Waals surface area contributed by atoms with Crippen molar-refractivity contribution in [1.82, 2.24) is 10.1 Å². The molecule has 110 valence electrons. The number of aryl methyl sites for hydroxylation is 1. The van der Waals surface area contributed by atoms with E-state index in [4.69, 9.17) is 4.52 Å². The zero-order chi connectivity index (χ0) is 15.0. The van der Waals surface area contributed by atoms with Gasteiger partial charge in [-0.25, -0.2) is 0 Å². The highest BCUT2D eigenvalue weighted by atomic mass is 79.9. The Kier molecular flexibility index (Phi) is 3.85. The Labute approximate surface area is 132 Å². The lowest BCUT2D eigenvalue weighted by atomic mass is 10.1. The number of aromatic nitrogens is 1. The molecule has 0 aliphatic heterocycles. The maximum atomic E-state index is 12.4. The third-order valence-electron chi connectivity index (χ3n) is 3.86. The Bertz CT molecular complexity index is 651. The Morgan fingerprint density at radius 2 is 2.14 bits per heavy atom. The number of benzene rings is 1. The highest BCUT2D eigenvalue weighted by Crippen LogP contribution is 2.48. The van der Waals surface area contributed by atoms with Crippen LogP contribution in [0, 0.1) is 12.8 Å². The number of hydrogen-bond donors (Lipinski definition) is 0. The predicted octanol–water partition coefficient (Wildman–Crippen LogP) is 3.51. The van der Waals surface area contributed by atoms with E-state index in [0.717, 1.165) is 22.3 Å². The quantitative estimate of drug-likeness (QED) is 0.849. The summed E-state index contributed by atoms with van der Waals surface area (Å²) in [6.07, 6.45) is 0.933. The van der Waals surface area contributed by atoms with Gasteiger partial charge in [-0.2, -0.15) is 0 Å². The van der Waals surface area contributed by atoms with Gasteiger partial charge in [-0.3, -0.25) is 4.79 Å². The lowest BCUT2D eigenvalue weighted by Gasteiger charge is -2.15. The van der Waals surface area contributed by atoms with Crippen LogP contribution in [0.15, 0.2) is 39.3 Å². The molecule has 0 bridgehead atoms. The molecule has 0 radical (unpaired) electrons. The maximum Gasteiger partial charge on any atom is 0.226 e. The van der Waals surface area contributed by atoms with Gasteiger partial charge in [0.05, 0.1) is 6.54 Å². The van der Waals surface area contributed by atoms with Crippen LogP contribution in [0.4, 0.5) is 0 Å². The minimum Gasteiger partial charge on any atom is -0.361 e. The van der Waals surface area contributed by atoms with Crippen molar-refractivity contribution in [3.8, 4) is 0 Å². The van der Waals surface area contributed by atoms with Crippen LogP contribution in [0.25, 0.3) is 0 Å². The summed E-state index contributed by atoms with van der Waals surface area (Å²) in [7, 11) is 1.82. The van der Waals surface area contributed by atoms with E-state index < -0.39 is 0 Å². The van der Waals surface area contributed by atoms with E-state index in [1.54, 1.807) is 4.90 Å². The van der Waals surface area contributed by atoms with E-state index in [1.807, 2.05) is 32.2 Å². The van der Waals surface area contributed by atoms with E-state index in [1.165, 1.54) is 5.56 Å². The fraction of sp³-hybridized carbons (Fsp3) is 0.375. The van der Waals surface area contributed by atoms with Crippen LogP contribution in [0.2, 0.25) is 0 Å². The smallest absolute Gasteiger partial charge is 0.226 e. The average molecular weight is 349 g/mol. The number of rotatable bonds is 4. The fourth-order valence-electron chi connectivity index (χ4n) is 2.64. The maximum absolute atomic E-state index is 12.4. The number of carbonyl (C=O) groups is 1. The summed E-state index contributed by atoms with van der Waals surface area (Å²) in [6, 6.07) is 10.1. The number of halogens is 1. The van der Waals surface area contributed by atoms with Crippen LogP contribution < -0.4 is 0 Å². The van der Waals surface area contributed by atoms with E-state index >= 15 is 0 Å². The van der Waals surface area contributed by atoms with Gasteiger partial charge < -0.3 is 9.42 Å². The first-order valence-corrected chi connectivity index (χ1v) is 7.76. The molecule has 0 spiro atoms. The highest BCUT2D eigenvalue weighted by molar-refractivity contribution is 9.10. The minimum absolute atomic E-state index is 0.101. The van der Waals surface area contributed by atoms with Crippen LogP contribution in [-0.2, 0) is 11.3 Å². The summed E-state index contributed by atoms with van der Waals surface area (Å²) in [5.74, 6) is 1.41. The molecule has 2 atom stereocenters. The molecule has 5 heteroatoms. The van der Waals surface area contributed by atoms with Crippen LogP contribution in [0.5, 0.6) is 0 Å². The topological polar surface area (TPSA) is 46.3 Å². The summed E-state index contributed by atoms with van der Waals surface area (Å²) >= 11 is 3.43. The van der Waals surface area contributed by atoms with Gasteiger partial charge in [-0.05, 0) is 37.0 Å². The molecule has 1 aliphatic rings. The molecule has 4 nitrogen and oxygen atoms in total. The Hall–Kier alpha value is -1.62. The highest BCUT2D eigenvalue weighted by Gasteiger charge is 2.45. The lowest BCUT2D eigenvalue weighted by molar-refractivity contribution is -0.131. The Balaban J connectivity index is 1.60. The molecule has 0 saturated heterocycles. The normalized spacial score (nSPS) is 20.3. The molecule has 1 amide bonds. The predicted molar refractivity (Wildman–Crippen MR) is 82.7 cm³/mol. The molecule has 3 rings (SSSR count). The standard InChI is InChI=1S/C16H17BrN2O2/c1-10-7-13(18-21-10)9-19(2)16(20)15-8-14(15)11-3-5-12(17)6-4-11/h3-7,14-15H,8-9H2,1-2H3/t14-,15-/m1/s1. The van der Waals surface area contributed by atoms with Crippen molar-refractivity contribution < 1.29 is 9.32 Å². The number of hydrogen-bond acceptors (Lipinski definition) is 3. The molecule has 1 fully saturated rings. The van der Waals surface area contributed by atoms with Crippen molar-refractivity contribution in [2.45, 2.75) is 25.8 Å². The Morgan fingerprint density at radius 3 is 2.76 bits per heavy atom. The monoisotopic (exact) mass is 348 g/mol. The van der Waals surface area contributed by atoms with Crippen LogP contribution in [0.3, 0.4) is 0 Å². The van der Waals surface area contributed by atoms with Crippen LogP contribution in [0.1, 0.15) is 29.4 Å². The molecular weight excluding hydrogens is 332 g/mol. The molecule has 1 aromatic heterocycles. The second-order valence-electron chi connectivity index (χ2n) is 5.62. The van der Waals surface area contributed by atoms with Crippen molar-refractivity contribution in [3.63, 3.8) is 0 Å². The molecular formula is C16H17BrN2O2. The number of carbonyl (C=O) groups excluding carboxylic acids is 1. The van der Waals surface area contributed by atoms with E-state index in [9.17, 15) is 4.79 Å². The summed E-state index contributed by atoms with van der Waals surface area (Å²) in [4.78, 5) is 14.2. The minimum atomic E-state index is 0.101. The van der Waals surface area contributed by atoms with E-state index in [2.05, 4.69) is 33.2 Å². The first-order valence-electron chi connectivity index (χ1n) is 6.97. The first kappa shape index (κ1) is 14.3. The largest absolute Gasteiger partial charge is 0.361 e. The van der Waals surface area contributed by atoms with Gasteiger partial charge >= 0.3 is 0 Å². The van der Waals surface area contributed by atoms with Crippen molar-refractivity contribution in [1.29, 1.82) is 0 Å². The third kappa shape index (κ3) is 3.18. The SMILES string of the molecule is Cc1cc(CN(C)C(=O)[C@@H]2C[C@@H]2c2ccc(Br)cc2)no1. The molecule has 1 aromatic carbocycles. The van der Waals surface area contributed by atoms with Gasteiger partial charge in [0.25, 0.3) is 0 Å². The van der Waals surface area contributed by atoms with E-state index in [0.29, 0.717) is 12.5 Å². The summed E-state index contributed by atoms with van der Waals surface area (Å²) in [5, 5.41) is 3.93. The fourth-order valence-corrected chi connectivity index (χ4v) is 2.91. The van der Waals surface area contributed by atoms with Gasteiger partial charge in [0, 0.05) is 23.5 Å². The summed E-state index contributed by atoms with van der Waals surface area (Å²) < 4.78 is 6.09. The van der Waals surface area contributed by atoms with Gasteiger partial charge in [0.1, 0.15) is 11.5 Å². The molecule has 0 N–H and O–H groups in total. The zero-order valence-electron chi connectivity index (χ0n) is 12.0. The van der Waals surface area contributed by atoms with Crippen molar-refractivity contribution in [2.75, 3.05) is 7.05 Å². The molecule has 21 heavy (non-hydrogen) atoms.